The van der Waals surface area contributed by atoms with Crippen molar-refractivity contribution in [1.29, 1.82) is 0 Å². The van der Waals surface area contributed by atoms with Gasteiger partial charge in [-0.1, -0.05) is 24.3 Å². The van der Waals surface area contributed by atoms with Gasteiger partial charge in [0.1, 0.15) is 11.5 Å². The zero-order chi connectivity index (χ0) is 23.1. The van der Waals surface area contributed by atoms with E-state index in [1.54, 1.807) is 0 Å². The predicted octanol–water partition coefficient (Wildman–Crippen LogP) is 4.93. The Labute approximate surface area is 173 Å². The van der Waals surface area contributed by atoms with Crippen LogP contribution < -0.4 is 9.47 Å². The summed E-state index contributed by atoms with van der Waals surface area (Å²) in [7, 11) is 2.41. The van der Waals surface area contributed by atoms with E-state index in [1.807, 2.05) is 0 Å². The minimum absolute atomic E-state index is 0.0130. The molecule has 0 fully saturated rings. The Bertz CT molecular complexity index is 735. The lowest BCUT2D eigenvalue weighted by Crippen LogP contribution is -2.54. The van der Waals surface area contributed by atoms with Gasteiger partial charge in [0, 0.05) is 0 Å². The summed E-state index contributed by atoms with van der Waals surface area (Å²) in [6.07, 6.45) is -11.4. The molecule has 0 aliphatic rings. The second-order valence-electron chi connectivity index (χ2n) is 5.89. The first-order valence-corrected chi connectivity index (χ1v) is 8.49. The molecule has 0 bridgehead atoms. The first kappa shape index (κ1) is 24.7. The number of rotatable bonds is 10. The van der Waals surface area contributed by atoms with Gasteiger partial charge in [-0.25, -0.2) is 9.78 Å². The molecule has 0 N–H and O–H groups in total. The van der Waals surface area contributed by atoms with Gasteiger partial charge in [0.2, 0.25) is 19.0 Å². The minimum atomic E-state index is -5.71. The van der Waals surface area contributed by atoms with Crippen LogP contribution in [-0.4, -0.2) is 40.2 Å². The van der Waals surface area contributed by atoms with Crippen LogP contribution in [0.2, 0.25) is 0 Å². The largest absolute Gasteiger partial charge is 0.465 e. The molecule has 2 aromatic carbocycles. The molecule has 0 aliphatic carbocycles. The molecule has 6 nitrogen and oxygen atoms in total. The van der Waals surface area contributed by atoms with Crippen LogP contribution >= 0.6 is 0 Å². The van der Waals surface area contributed by atoms with Crippen molar-refractivity contribution < 1.29 is 55.4 Å². The normalized spacial score (nSPS) is 12.6. The van der Waals surface area contributed by atoms with Gasteiger partial charge >= 0.3 is 12.4 Å². The zero-order valence-electron chi connectivity index (χ0n) is 16.3. The van der Waals surface area contributed by atoms with Crippen molar-refractivity contribution in [3.63, 3.8) is 0 Å². The van der Waals surface area contributed by atoms with E-state index >= 15 is 0 Å². The summed E-state index contributed by atoms with van der Waals surface area (Å²) in [6, 6.07) is 6.67. The van der Waals surface area contributed by atoms with Gasteiger partial charge in [0.05, 0.1) is 14.2 Å². The van der Waals surface area contributed by atoms with Crippen LogP contribution in [0.4, 0.5) is 26.3 Å². The maximum Gasteiger partial charge on any atom is 0.411 e. The maximum absolute atomic E-state index is 14.1. The van der Waals surface area contributed by atoms with Crippen LogP contribution in [-0.2, 0) is 25.0 Å². The van der Waals surface area contributed by atoms with Crippen LogP contribution in [0.15, 0.2) is 48.5 Å². The molecular weight excluding hydrogens is 438 g/mol. The summed E-state index contributed by atoms with van der Waals surface area (Å²) < 4.78 is 94.5. The molecule has 0 spiro atoms. The number of halogens is 6. The van der Waals surface area contributed by atoms with Crippen LogP contribution in [0, 0.1) is 0 Å². The second kappa shape index (κ2) is 10.2. The Hall–Kier alpha value is -2.54. The molecule has 0 saturated heterocycles. The molecule has 0 aromatic heterocycles. The average Bonchev–Trinajstić information content (AvgIpc) is 2.69. The van der Waals surface area contributed by atoms with E-state index in [1.165, 1.54) is 14.2 Å². The van der Waals surface area contributed by atoms with Crippen molar-refractivity contribution in [1.82, 2.24) is 0 Å². The quantitative estimate of drug-likeness (QED) is 0.166. The number of hydrogen-bond donors (Lipinski definition) is 0. The summed E-state index contributed by atoms with van der Waals surface area (Å²) >= 11 is 0. The summed E-state index contributed by atoms with van der Waals surface area (Å²) in [4.78, 5) is 17.5. The van der Waals surface area contributed by atoms with Crippen molar-refractivity contribution in [3.05, 3.63) is 59.7 Å². The van der Waals surface area contributed by atoms with Gasteiger partial charge in [-0.2, -0.15) is 36.1 Å². The molecule has 2 rings (SSSR count). The second-order valence-corrected chi connectivity index (χ2v) is 5.89. The molecule has 0 atom stereocenters. The summed E-state index contributed by atoms with van der Waals surface area (Å²) in [5.74, 6) is -0.0260. The highest BCUT2D eigenvalue weighted by Gasteiger charge is 2.72. The van der Waals surface area contributed by atoms with Crippen LogP contribution in [0.5, 0.6) is 11.5 Å². The van der Waals surface area contributed by atoms with E-state index in [0.717, 1.165) is 24.3 Å². The highest BCUT2D eigenvalue weighted by molar-refractivity contribution is 5.47. The summed E-state index contributed by atoms with van der Waals surface area (Å²) in [5.41, 5.74) is -6.36. The van der Waals surface area contributed by atoms with Crippen LogP contribution in [0.3, 0.4) is 0 Å². The molecule has 0 amide bonds. The predicted molar refractivity (Wildman–Crippen MR) is 93.0 cm³/mol. The van der Waals surface area contributed by atoms with Gasteiger partial charge in [-0.3, -0.25) is 0 Å². The van der Waals surface area contributed by atoms with Gasteiger partial charge in [-0.05, 0) is 35.4 Å². The lowest BCUT2D eigenvalue weighted by Gasteiger charge is -2.38. The van der Waals surface area contributed by atoms with E-state index in [-0.39, 0.29) is 11.5 Å². The molecule has 0 heterocycles. The Morgan fingerprint density at radius 3 is 1.16 bits per heavy atom. The lowest BCUT2D eigenvalue weighted by molar-refractivity contribution is -0.303. The van der Waals surface area contributed by atoms with E-state index in [9.17, 15) is 26.3 Å². The number of alkyl halides is 6. The van der Waals surface area contributed by atoms with E-state index in [2.05, 4.69) is 19.6 Å². The van der Waals surface area contributed by atoms with Crippen molar-refractivity contribution in [2.45, 2.75) is 17.8 Å². The van der Waals surface area contributed by atoms with Gasteiger partial charge in [-0.15, -0.1) is 0 Å². The monoisotopic (exact) mass is 456 g/mol. The summed E-state index contributed by atoms with van der Waals surface area (Å²) in [5, 5.41) is 0. The molecular formula is C19H18F6O6. The molecule has 31 heavy (non-hydrogen) atoms. The zero-order valence-corrected chi connectivity index (χ0v) is 16.3. The number of ether oxygens (including phenoxy) is 2. The highest BCUT2D eigenvalue weighted by Crippen LogP contribution is 2.56. The average molecular weight is 456 g/mol. The topological polar surface area (TPSA) is 55.4 Å². The van der Waals surface area contributed by atoms with Crippen molar-refractivity contribution in [2.75, 3.05) is 27.8 Å². The fourth-order valence-electron chi connectivity index (χ4n) is 2.86. The Kier molecular flexibility index (Phi) is 8.12. The third-order valence-corrected chi connectivity index (χ3v) is 4.21. The smallest absolute Gasteiger partial charge is 0.411 e. The molecule has 0 aliphatic heterocycles. The Balaban J connectivity index is 2.50. The third-order valence-electron chi connectivity index (χ3n) is 4.21. The van der Waals surface area contributed by atoms with Crippen molar-refractivity contribution >= 4 is 0 Å². The SMILES string of the molecule is COOCOc1ccc(C(c2ccc(OCOOC)cc2)(C(F)(F)F)C(F)(F)F)cc1. The molecule has 0 saturated carbocycles. The highest BCUT2D eigenvalue weighted by atomic mass is 19.4. The molecule has 12 heteroatoms. The Morgan fingerprint density at radius 1 is 0.581 bits per heavy atom. The van der Waals surface area contributed by atoms with Gasteiger partial charge in [0.15, 0.2) is 0 Å². The third kappa shape index (κ3) is 5.39. The molecule has 0 unspecified atom stereocenters. The molecule has 0 radical (unpaired) electrons. The summed E-state index contributed by atoms with van der Waals surface area (Å²) in [6.45, 7) is -0.818. The minimum Gasteiger partial charge on any atom is -0.465 e. The first-order chi connectivity index (χ1) is 14.6. The fourth-order valence-corrected chi connectivity index (χ4v) is 2.86. The van der Waals surface area contributed by atoms with Crippen molar-refractivity contribution in [2.24, 2.45) is 0 Å². The van der Waals surface area contributed by atoms with E-state index in [4.69, 9.17) is 9.47 Å². The standard InChI is InChI=1S/C19H18F6O6/c1-26-30-11-28-15-7-3-13(4-8-15)17(18(20,21)22,19(23,24)25)14-5-9-16(10-6-14)29-12-31-27-2/h3-10H,11-12H2,1-2H3. The first-order valence-electron chi connectivity index (χ1n) is 8.49. The molecule has 172 valence electrons. The van der Waals surface area contributed by atoms with Gasteiger partial charge in [0.25, 0.3) is 0 Å². The Morgan fingerprint density at radius 2 is 0.903 bits per heavy atom. The van der Waals surface area contributed by atoms with E-state index < -0.39 is 42.5 Å². The number of benzene rings is 2. The van der Waals surface area contributed by atoms with Crippen LogP contribution in [0.25, 0.3) is 0 Å². The lowest BCUT2D eigenvalue weighted by atomic mass is 9.73. The van der Waals surface area contributed by atoms with E-state index in [0.29, 0.717) is 24.3 Å². The van der Waals surface area contributed by atoms with Crippen LogP contribution in [0.1, 0.15) is 11.1 Å². The van der Waals surface area contributed by atoms with Gasteiger partial charge < -0.3 is 9.47 Å². The maximum atomic E-state index is 14.1. The molecule has 2 aromatic rings. The number of hydrogen-bond acceptors (Lipinski definition) is 6. The fraction of sp³-hybridized carbons (Fsp3) is 0.368. The van der Waals surface area contributed by atoms with Crippen molar-refractivity contribution in [3.8, 4) is 11.5 Å².